The first-order valence-electron chi connectivity index (χ1n) is 30.6. The highest BCUT2D eigenvalue weighted by molar-refractivity contribution is 5.76. The maximum absolute atomic E-state index is 12.5. The van der Waals surface area contributed by atoms with Gasteiger partial charge in [-0.25, -0.2) is 0 Å². The fourth-order valence-electron chi connectivity index (χ4n) is 9.55. The van der Waals surface area contributed by atoms with Crippen LogP contribution >= 0.6 is 0 Å². The van der Waals surface area contributed by atoms with Crippen molar-refractivity contribution in [3.8, 4) is 0 Å². The summed E-state index contributed by atoms with van der Waals surface area (Å²) in [5.41, 5.74) is 0. The second-order valence-electron chi connectivity index (χ2n) is 21.0. The van der Waals surface area contributed by atoms with Crippen LogP contribution in [0.1, 0.15) is 335 Å². The van der Waals surface area contributed by atoms with E-state index in [4.69, 9.17) is 4.74 Å². The number of carbonyl (C=O) groups excluding carboxylic acids is 2. The van der Waals surface area contributed by atoms with E-state index in [0.717, 1.165) is 51.4 Å². The molecule has 0 radical (unpaired) electrons. The molecule has 0 aromatic carbocycles. The Labute approximate surface area is 424 Å². The first-order chi connectivity index (χ1) is 33.5. The number of esters is 1. The lowest BCUT2D eigenvalue weighted by Gasteiger charge is -2.22. The molecule has 0 rings (SSSR count). The van der Waals surface area contributed by atoms with Crippen molar-refractivity contribution < 1.29 is 24.5 Å². The first kappa shape index (κ1) is 66.3. The maximum Gasteiger partial charge on any atom is 0.305 e. The normalized spacial score (nSPS) is 12.7. The van der Waals surface area contributed by atoms with Crippen molar-refractivity contribution in [2.45, 2.75) is 347 Å². The summed E-state index contributed by atoms with van der Waals surface area (Å²) in [5.74, 6) is -0.0458. The summed E-state index contributed by atoms with van der Waals surface area (Å²) in [6, 6.07) is -0.546. The highest BCUT2D eigenvalue weighted by atomic mass is 16.5. The monoisotopic (exact) mass is 958 g/mol. The molecule has 0 aromatic rings. The van der Waals surface area contributed by atoms with Gasteiger partial charge in [0.05, 0.1) is 25.4 Å². The van der Waals surface area contributed by atoms with Crippen LogP contribution in [0.4, 0.5) is 0 Å². The standard InChI is InChI=1S/C62H119NO5/c1-3-5-7-9-11-13-15-17-19-20-21-23-27-30-34-38-42-46-50-54-60(65)59(58-64)63-61(66)55-51-47-43-39-35-31-28-24-22-25-29-33-37-41-45-49-53-57-68-62(67)56-52-48-44-40-36-32-26-18-16-14-12-10-8-6-4-2/h12,14,18,26,59-60,64-65H,3-11,13,15-17,19-25,27-58H2,1-2H3,(H,63,66)/b14-12-,26-18-. The van der Waals surface area contributed by atoms with Crippen molar-refractivity contribution in [3.63, 3.8) is 0 Å². The molecule has 0 saturated carbocycles. The van der Waals surface area contributed by atoms with Gasteiger partial charge in [0.1, 0.15) is 0 Å². The van der Waals surface area contributed by atoms with Crippen molar-refractivity contribution in [1.29, 1.82) is 0 Å². The molecule has 0 heterocycles. The average molecular weight is 959 g/mol. The number of aliphatic hydroxyl groups is 2. The summed E-state index contributed by atoms with van der Waals surface area (Å²) >= 11 is 0. The summed E-state index contributed by atoms with van der Waals surface area (Å²) < 4.78 is 5.47. The van der Waals surface area contributed by atoms with E-state index in [0.29, 0.717) is 25.9 Å². The zero-order valence-corrected chi connectivity index (χ0v) is 45.9. The van der Waals surface area contributed by atoms with Crippen molar-refractivity contribution in [2.75, 3.05) is 13.2 Å². The van der Waals surface area contributed by atoms with Crippen LogP contribution in [-0.2, 0) is 14.3 Å². The number of unbranched alkanes of at least 4 members (excludes halogenated alkanes) is 42. The van der Waals surface area contributed by atoms with Crippen molar-refractivity contribution >= 4 is 11.9 Å². The number of aliphatic hydroxyl groups excluding tert-OH is 2. The van der Waals surface area contributed by atoms with E-state index >= 15 is 0 Å². The SMILES string of the molecule is CCCCC/C=C\C/C=C\CCCCCCCC(=O)OCCCCCCCCCCCCCCCCCCCC(=O)NC(CO)C(O)CCCCCCCCCCCCCCCCCCCCC. The van der Waals surface area contributed by atoms with Crippen LogP contribution in [-0.4, -0.2) is 47.4 Å². The Morgan fingerprint density at radius 1 is 0.412 bits per heavy atom. The van der Waals surface area contributed by atoms with Crippen LogP contribution < -0.4 is 5.32 Å². The van der Waals surface area contributed by atoms with Crippen LogP contribution in [0, 0.1) is 0 Å². The largest absolute Gasteiger partial charge is 0.466 e. The molecule has 0 bridgehead atoms. The minimum atomic E-state index is -0.669. The molecule has 0 saturated heterocycles. The number of amides is 1. The predicted octanol–water partition coefficient (Wildman–Crippen LogP) is 19.0. The first-order valence-corrected chi connectivity index (χ1v) is 30.6. The lowest BCUT2D eigenvalue weighted by atomic mass is 10.0. The summed E-state index contributed by atoms with van der Waals surface area (Å²) in [6.07, 6.45) is 70.3. The average Bonchev–Trinajstić information content (AvgIpc) is 3.34. The summed E-state index contributed by atoms with van der Waals surface area (Å²) in [7, 11) is 0. The molecule has 6 nitrogen and oxygen atoms in total. The number of allylic oxidation sites excluding steroid dienone is 4. The van der Waals surface area contributed by atoms with Gasteiger partial charge in [-0.3, -0.25) is 9.59 Å². The molecule has 0 aliphatic carbocycles. The van der Waals surface area contributed by atoms with Gasteiger partial charge in [-0.15, -0.1) is 0 Å². The molecule has 0 fully saturated rings. The highest BCUT2D eigenvalue weighted by Crippen LogP contribution is 2.18. The molecular weight excluding hydrogens is 839 g/mol. The minimum absolute atomic E-state index is 0.00798. The molecule has 2 atom stereocenters. The number of ether oxygens (including phenoxy) is 1. The number of hydrogen-bond acceptors (Lipinski definition) is 5. The molecule has 68 heavy (non-hydrogen) atoms. The van der Waals surface area contributed by atoms with Gasteiger partial charge in [-0.1, -0.05) is 289 Å². The minimum Gasteiger partial charge on any atom is -0.466 e. The molecule has 0 aliphatic rings. The van der Waals surface area contributed by atoms with Gasteiger partial charge >= 0.3 is 5.97 Å². The third-order valence-corrected chi connectivity index (χ3v) is 14.3. The van der Waals surface area contributed by atoms with Crippen molar-refractivity contribution in [3.05, 3.63) is 24.3 Å². The topological polar surface area (TPSA) is 95.9 Å². The zero-order valence-electron chi connectivity index (χ0n) is 45.9. The van der Waals surface area contributed by atoms with Gasteiger partial charge in [0, 0.05) is 12.8 Å². The molecular formula is C62H119NO5. The maximum atomic E-state index is 12.5. The van der Waals surface area contributed by atoms with Crippen LogP contribution in [0.3, 0.4) is 0 Å². The van der Waals surface area contributed by atoms with E-state index in [-0.39, 0.29) is 18.5 Å². The number of hydrogen-bond donors (Lipinski definition) is 3. The molecule has 3 N–H and O–H groups in total. The lowest BCUT2D eigenvalue weighted by Crippen LogP contribution is -2.45. The quantitative estimate of drug-likeness (QED) is 0.0321. The van der Waals surface area contributed by atoms with Crippen molar-refractivity contribution in [1.82, 2.24) is 5.32 Å². The fraction of sp³-hybridized carbons (Fsp3) is 0.903. The van der Waals surface area contributed by atoms with Gasteiger partial charge in [0.2, 0.25) is 5.91 Å². The summed E-state index contributed by atoms with van der Waals surface area (Å²) in [6.45, 7) is 4.93. The molecule has 402 valence electrons. The van der Waals surface area contributed by atoms with E-state index in [1.54, 1.807) is 0 Å². The molecule has 6 heteroatoms. The number of rotatable bonds is 57. The zero-order chi connectivity index (χ0) is 49.3. The van der Waals surface area contributed by atoms with Crippen LogP contribution in [0.2, 0.25) is 0 Å². The molecule has 0 spiro atoms. The molecule has 1 amide bonds. The third-order valence-electron chi connectivity index (χ3n) is 14.3. The Morgan fingerprint density at radius 2 is 0.735 bits per heavy atom. The molecule has 2 unspecified atom stereocenters. The van der Waals surface area contributed by atoms with Gasteiger partial charge in [-0.05, 0) is 57.8 Å². The molecule has 0 aliphatic heterocycles. The number of carbonyl (C=O) groups is 2. The van der Waals surface area contributed by atoms with Crippen LogP contribution in [0.15, 0.2) is 24.3 Å². The van der Waals surface area contributed by atoms with Gasteiger partial charge < -0.3 is 20.3 Å². The van der Waals surface area contributed by atoms with Gasteiger partial charge in [0.15, 0.2) is 0 Å². The van der Waals surface area contributed by atoms with E-state index in [1.807, 2.05) is 0 Å². The number of nitrogens with one attached hydrogen (secondary N) is 1. The third kappa shape index (κ3) is 53.7. The van der Waals surface area contributed by atoms with Gasteiger partial charge in [0.25, 0.3) is 0 Å². The van der Waals surface area contributed by atoms with E-state index in [2.05, 4.69) is 43.5 Å². The van der Waals surface area contributed by atoms with Crippen LogP contribution in [0.25, 0.3) is 0 Å². The smallest absolute Gasteiger partial charge is 0.305 e. The van der Waals surface area contributed by atoms with Crippen molar-refractivity contribution in [2.24, 2.45) is 0 Å². The van der Waals surface area contributed by atoms with E-state index in [9.17, 15) is 19.8 Å². The second-order valence-corrected chi connectivity index (χ2v) is 21.0. The summed E-state index contributed by atoms with van der Waals surface area (Å²) in [4.78, 5) is 24.6. The predicted molar refractivity (Wildman–Crippen MR) is 296 cm³/mol. The van der Waals surface area contributed by atoms with E-state index in [1.165, 1.54) is 250 Å². The highest BCUT2D eigenvalue weighted by Gasteiger charge is 2.20. The Balaban J connectivity index is 3.42. The Kier molecular flexibility index (Phi) is 56.5. The molecule has 0 aromatic heterocycles. The fourth-order valence-corrected chi connectivity index (χ4v) is 9.55. The van der Waals surface area contributed by atoms with E-state index < -0.39 is 12.1 Å². The van der Waals surface area contributed by atoms with Gasteiger partial charge in [-0.2, -0.15) is 0 Å². The second kappa shape index (κ2) is 57.9. The Morgan fingerprint density at radius 3 is 1.15 bits per heavy atom. The van der Waals surface area contributed by atoms with Crippen LogP contribution in [0.5, 0.6) is 0 Å². The lowest BCUT2D eigenvalue weighted by molar-refractivity contribution is -0.143. The summed E-state index contributed by atoms with van der Waals surface area (Å²) in [5, 5.41) is 23.3. The Bertz CT molecular complexity index is 1060. The Hall–Kier alpha value is -1.66.